The number of benzene rings is 2. The second-order valence-electron chi connectivity index (χ2n) is 6.35. The number of carbonyl (C=O) groups is 3. The summed E-state index contributed by atoms with van der Waals surface area (Å²) in [5.41, 5.74) is 0.827. The zero-order valence-electron chi connectivity index (χ0n) is 15.6. The van der Waals surface area contributed by atoms with Crippen molar-refractivity contribution in [2.45, 2.75) is 11.4 Å². The summed E-state index contributed by atoms with van der Waals surface area (Å²) in [5.74, 6) is -1.71. The van der Waals surface area contributed by atoms with Crippen LogP contribution in [0.5, 0.6) is 0 Å². The molecule has 3 rings (SSSR count). The quantitative estimate of drug-likeness (QED) is 0.651. The van der Waals surface area contributed by atoms with Crippen LogP contribution >= 0.6 is 23.4 Å². The van der Waals surface area contributed by atoms with Gasteiger partial charge in [-0.2, -0.15) is 0 Å². The van der Waals surface area contributed by atoms with Crippen molar-refractivity contribution in [3.05, 3.63) is 58.9 Å². The summed E-state index contributed by atoms with van der Waals surface area (Å²) in [7, 11) is 1.46. The van der Waals surface area contributed by atoms with Crippen molar-refractivity contribution in [1.82, 2.24) is 4.90 Å². The maximum atomic E-state index is 13.9. The van der Waals surface area contributed by atoms with Gasteiger partial charge >= 0.3 is 5.97 Å². The molecule has 1 aliphatic heterocycles. The van der Waals surface area contributed by atoms with Crippen LogP contribution in [0.1, 0.15) is 5.56 Å². The topological polar surface area (TPSA) is 66.9 Å². The van der Waals surface area contributed by atoms with Gasteiger partial charge in [0, 0.05) is 29.1 Å². The fourth-order valence-corrected chi connectivity index (χ4v) is 3.92. The predicted octanol–water partition coefficient (Wildman–Crippen LogP) is 3.12. The van der Waals surface area contributed by atoms with Gasteiger partial charge < -0.3 is 9.64 Å². The number of hydrogen-bond donors (Lipinski definition) is 0. The first-order chi connectivity index (χ1) is 13.9. The number of likely N-dealkylation sites (N-methyl/N-ethyl adjacent to an activating group) is 1. The van der Waals surface area contributed by atoms with E-state index in [0.29, 0.717) is 5.69 Å². The normalized spacial score (nSPS) is 13.1. The molecule has 0 atom stereocenters. The molecule has 0 bridgehead atoms. The molecular weight excluding hydrogens is 419 g/mol. The minimum absolute atomic E-state index is 0.0584. The summed E-state index contributed by atoms with van der Waals surface area (Å²) in [6, 6.07) is 11.5. The Morgan fingerprint density at radius 2 is 2.00 bits per heavy atom. The molecule has 2 aromatic carbocycles. The van der Waals surface area contributed by atoms with E-state index in [1.807, 2.05) is 12.1 Å². The summed E-state index contributed by atoms with van der Waals surface area (Å²) in [6.45, 7) is -0.858. The van der Waals surface area contributed by atoms with Crippen LogP contribution in [-0.2, 0) is 25.7 Å². The lowest BCUT2D eigenvalue weighted by atomic mass is 10.2. The zero-order chi connectivity index (χ0) is 21.0. The molecule has 0 saturated carbocycles. The molecule has 0 fully saturated rings. The number of rotatable bonds is 6. The lowest BCUT2D eigenvalue weighted by molar-refractivity contribution is -0.150. The van der Waals surface area contributed by atoms with E-state index in [1.165, 1.54) is 46.8 Å². The minimum Gasteiger partial charge on any atom is -0.454 e. The number of fused-ring (bicyclic) bond motifs is 1. The Morgan fingerprint density at radius 3 is 2.76 bits per heavy atom. The molecule has 1 heterocycles. The number of para-hydroxylation sites is 1. The lowest BCUT2D eigenvalue weighted by Crippen LogP contribution is -2.40. The SMILES string of the molecule is CN(Cc1c(F)cccc1Cl)C(=O)COC(=O)CN1C(=O)CSc2ccccc21. The van der Waals surface area contributed by atoms with Gasteiger partial charge in [0.05, 0.1) is 11.4 Å². The smallest absolute Gasteiger partial charge is 0.326 e. The second kappa shape index (κ2) is 9.28. The van der Waals surface area contributed by atoms with Gasteiger partial charge in [-0.3, -0.25) is 19.3 Å². The van der Waals surface area contributed by atoms with E-state index in [2.05, 4.69) is 0 Å². The molecule has 0 aliphatic carbocycles. The van der Waals surface area contributed by atoms with Gasteiger partial charge in [0.2, 0.25) is 5.91 Å². The molecule has 0 radical (unpaired) electrons. The molecular formula is C20H18ClFN2O4S. The van der Waals surface area contributed by atoms with Crippen LogP contribution in [0.25, 0.3) is 0 Å². The maximum absolute atomic E-state index is 13.9. The molecule has 0 N–H and O–H groups in total. The molecule has 152 valence electrons. The molecule has 0 spiro atoms. The molecule has 1 aliphatic rings. The standard InChI is InChI=1S/C20H18ClFN2O4S/c1-23(9-13-14(21)5-4-6-15(13)22)18(25)11-28-20(27)10-24-16-7-2-3-8-17(16)29-12-19(24)26/h2-8H,9-12H2,1H3. The number of ether oxygens (including phenoxy) is 1. The highest BCUT2D eigenvalue weighted by Gasteiger charge is 2.27. The Kier molecular flexibility index (Phi) is 6.76. The van der Waals surface area contributed by atoms with Crippen molar-refractivity contribution < 1.29 is 23.5 Å². The number of carbonyl (C=O) groups excluding carboxylic acids is 3. The fourth-order valence-electron chi connectivity index (χ4n) is 2.76. The largest absolute Gasteiger partial charge is 0.454 e. The van der Waals surface area contributed by atoms with Crippen molar-refractivity contribution in [3.63, 3.8) is 0 Å². The van der Waals surface area contributed by atoms with E-state index < -0.39 is 24.3 Å². The van der Waals surface area contributed by atoms with Crippen molar-refractivity contribution in [2.24, 2.45) is 0 Å². The third-order valence-corrected chi connectivity index (χ3v) is 5.74. The Morgan fingerprint density at radius 1 is 1.24 bits per heavy atom. The first-order valence-corrected chi connectivity index (χ1v) is 10.1. The highest BCUT2D eigenvalue weighted by atomic mass is 35.5. The van der Waals surface area contributed by atoms with E-state index in [9.17, 15) is 18.8 Å². The summed E-state index contributed by atoms with van der Waals surface area (Å²) in [6.07, 6.45) is 0. The van der Waals surface area contributed by atoms with Gasteiger partial charge in [-0.15, -0.1) is 11.8 Å². The van der Waals surface area contributed by atoms with Gasteiger partial charge in [-0.05, 0) is 24.3 Å². The van der Waals surface area contributed by atoms with Crippen LogP contribution in [0.15, 0.2) is 47.4 Å². The van der Waals surface area contributed by atoms with Crippen LogP contribution < -0.4 is 4.90 Å². The monoisotopic (exact) mass is 436 g/mol. The van der Waals surface area contributed by atoms with Gasteiger partial charge in [-0.25, -0.2) is 4.39 Å². The highest BCUT2D eigenvalue weighted by Crippen LogP contribution is 2.34. The lowest BCUT2D eigenvalue weighted by Gasteiger charge is -2.28. The number of esters is 1. The van der Waals surface area contributed by atoms with Crippen LogP contribution in [0.4, 0.5) is 10.1 Å². The Balaban J connectivity index is 1.55. The van der Waals surface area contributed by atoms with E-state index in [0.717, 1.165) is 4.90 Å². The number of hydrogen-bond acceptors (Lipinski definition) is 5. The van der Waals surface area contributed by atoms with Crippen LogP contribution in [0.3, 0.4) is 0 Å². The Hall–Kier alpha value is -2.58. The first-order valence-electron chi connectivity index (χ1n) is 8.71. The maximum Gasteiger partial charge on any atom is 0.326 e. The molecule has 0 unspecified atom stereocenters. The van der Waals surface area contributed by atoms with Crippen LogP contribution in [0.2, 0.25) is 5.02 Å². The van der Waals surface area contributed by atoms with Crippen LogP contribution in [-0.4, -0.2) is 48.6 Å². The average molecular weight is 437 g/mol. The zero-order valence-corrected chi connectivity index (χ0v) is 17.1. The molecule has 0 saturated heterocycles. The molecule has 29 heavy (non-hydrogen) atoms. The number of thioether (sulfide) groups is 1. The van der Waals surface area contributed by atoms with Gasteiger partial charge in [-0.1, -0.05) is 29.8 Å². The minimum atomic E-state index is -0.703. The van der Waals surface area contributed by atoms with Crippen molar-refractivity contribution in [3.8, 4) is 0 Å². The van der Waals surface area contributed by atoms with Crippen molar-refractivity contribution in [2.75, 3.05) is 30.9 Å². The van der Waals surface area contributed by atoms with Gasteiger partial charge in [0.25, 0.3) is 5.91 Å². The molecule has 6 nitrogen and oxygen atoms in total. The third kappa shape index (κ3) is 5.07. The predicted molar refractivity (Wildman–Crippen MR) is 108 cm³/mol. The van der Waals surface area contributed by atoms with Crippen LogP contribution in [0, 0.1) is 5.82 Å². The number of amides is 2. The van der Waals surface area contributed by atoms with Crippen molar-refractivity contribution in [1.29, 1.82) is 0 Å². The van der Waals surface area contributed by atoms with Gasteiger partial charge in [0.15, 0.2) is 6.61 Å². The molecule has 2 amide bonds. The molecule has 9 heteroatoms. The summed E-state index contributed by atoms with van der Waals surface area (Å²) >= 11 is 7.37. The number of halogens is 2. The Bertz CT molecular complexity index is 936. The second-order valence-corrected chi connectivity index (χ2v) is 7.77. The summed E-state index contributed by atoms with van der Waals surface area (Å²) in [4.78, 5) is 40.1. The summed E-state index contributed by atoms with van der Waals surface area (Å²) < 4.78 is 18.9. The summed E-state index contributed by atoms with van der Waals surface area (Å²) in [5, 5.41) is 0.210. The van der Waals surface area contributed by atoms with E-state index in [4.69, 9.17) is 16.3 Å². The third-order valence-electron chi connectivity index (χ3n) is 4.33. The van der Waals surface area contributed by atoms with E-state index in [1.54, 1.807) is 12.1 Å². The fraction of sp³-hybridized carbons (Fsp3) is 0.250. The van der Waals surface area contributed by atoms with E-state index >= 15 is 0 Å². The number of nitrogens with zero attached hydrogens (tertiary/aromatic N) is 2. The molecule has 2 aromatic rings. The average Bonchev–Trinajstić information content (AvgIpc) is 2.71. The van der Waals surface area contributed by atoms with Gasteiger partial charge in [0.1, 0.15) is 12.4 Å². The first kappa shape index (κ1) is 21.1. The van der Waals surface area contributed by atoms with Crippen molar-refractivity contribution >= 4 is 46.8 Å². The number of anilines is 1. The van der Waals surface area contributed by atoms with E-state index in [-0.39, 0.29) is 35.3 Å². The molecule has 0 aromatic heterocycles. The Labute approximate surface area is 176 Å². The highest BCUT2D eigenvalue weighted by molar-refractivity contribution is 8.00.